The number of nitrogens with zero attached hydrogens (tertiary/aromatic N) is 1. The van der Waals surface area contributed by atoms with Gasteiger partial charge in [0.05, 0.1) is 16.6 Å². The molecule has 156 valence electrons. The zero-order valence-electron chi connectivity index (χ0n) is 19.0. The Morgan fingerprint density at radius 3 is 1.83 bits per heavy atom. The van der Waals surface area contributed by atoms with E-state index in [0.717, 1.165) is 16.1 Å². The summed E-state index contributed by atoms with van der Waals surface area (Å²) in [6.45, 7) is 18.5. The molecule has 1 aromatic carbocycles. The van der Waals surface area contributed by atoms with E-state index in [-0.39, 0.29) is 28.2 Å². The second-order valence-electron chi connectivity index (χ2n) is 9.96. The van der Waals surface area contributed by atoms with Gasteiger partial charge in [0, 0.05) is 11.1 Å². The second-order valence-corrected chi connectivity index (χ2v) is 9.96. The summed E-state index contributed by atoms with van der Waals surface area (Å²) in [5.74, 6) is -0.483. The van der Waals surface area contributed by atoms with E-state index >= 15 is 0 Å². The minimum absolute atomic E-state index is 0.00143. The van der Waals surface area contributed by atoms with Crippen molar-refractivity contribution >= 4 is 11.6 Å². The second kappa shape index (κ2) is 6.25. The van der Waals surface area contributed by atoms with Gasteiger partial charge in [-0.2, -0.15) is 0 Å². The van der Waals surface area contributed by atoms with Crippen molar-refractivity contribution in [1.29, 1.82) is 0 Å². The predicted molar refractivity (Wildman–Crippen MR) is 119 cm³/mol. The van der Waals surface area contributed by atoms with Gasteiger partial charge in [-0.3, -0.25) is 0 Å². The number of aromatic nitrogens is 1. The van der Waals surface area contributed by atoms with E-state index in [1.54, 1.807) is 6.07 Å². The van der Waals surface area contributed by atoms with Crippen molar-refractivity contribution in [2.45, 2.75) is 73.1 Å². The van der Waals surface area contributed by atoms with Crippen molar-refractivity contribution in [2.24, 2.45) is 5.41 Å². The van der Waals surface area contributed by atoms with Crippen LogP contribution in [0.4, 0.5) is 0 Å². The highest BCUT2D eigenvalue weighted by Crippen LogP contribution is 2.68. The molecule has 3 rings (SSSR count). The predicted octanol–water partition coefficient (Wildman–Crippen LogP) is 4.45. The molecule has 1 aliphatic rings. The van der Waals surface area contributed by atoms with Crippen molar-refractivity contribution in [3.8, 4) is 28.5 Å². The largest absolute Gasteiger partial charge is 0.507 e. The molecule has 0 saturated carbocycles. The molecule has 0 radical (unpaired) electrons. The van der Waals surface area contributed by atoms with Gasteiger partial charge in [-0.1, -0.05) is 59.3 Å². The normalized spacial score (nSPS) is 19.3. The van der Waals surface area contributed by atoms with Gasteiger partial charge in [-0.25, -0.2) is 4.98 Å². The minimum atomic E-state index is -0.447. The van der Waals surface area contributed by atoms with Gasteiger partial charge in [-0.15, -0.1) is 0 Å². The highest BCUT2D eigenvalue weighted by Gasteiger charge is 2.60. The number of phenols is 3. The molecule has 2 aromatic rings. The van der Waals surface area contributed by atoms with E-state index in [1.807, 2.05) is 32.9 Å². The lowest BCUT2D eigenvalue weighted by Gasteiger charge is -2.44. The van der Waals surface area contributed by atoms with Crippen molar-refractivity contribution < 1.29 is 15.3 Å². The molecule has 0 fully saturated rings. The molecule has 0 bridgehead atoms. The van der Waals surface area contributed by atoms with Crippen LogP contribution in [0.25, 0.3) is 22.9 Å². The van der Waals surface area contributed by atoms with Gasteiger partial charge in [0.15, 0.2) is 11.5 Å². The molecule has 4 nitrogen and oxygen atoms in total. The van der Waals surface area contributed by atoms with Crippen LogP contribution in [-0.2, 0) is 10.8 Å². The summed E-state index contributed by atoms with van der Waals surface area (Å²) in [4.78, 5) is 4.68. The van der Waals surface area contributed by atoms with Crippen molar-refractivity contribution in [2.75, 3.05) is 0 Å². The van der Waals surface area contributed by atoms with Crippen LogP contribution in [0.2, 0.25) is 0 Å². The Balaban J connectivity index is 2.47. The third-order valence-corrected chi connectivity index (χ3v) is 7.79. The van der Waals surface area contributed by atoms with Gasteiger partial charge in [0.25, 0.3) is 0 Å². The number of hydrogen-bond donors (Lipinski definition) is 3. The van der Waals surface area contributed by atoms with E-state index in [4.69, 9.17) is 0 Å². The number of hydrogen-bond acceptors (Lipinski definition) is 4. The minimum Gasteiger partial charge on any atom is -0.507 e. The lowest BCUT2D eigenvalue weighted by molar-refractivity contribution is 0.122. The standard InChI is InChI=1S/C25H33NO3/c1-10-15-14(13(2)3)11-12-16(26-15)17-20(27)18-19(22(29)21(17)28)24(6,7)25(8,9)23(18,4)5/h10-12,27-29H,1-9H3/b15-10+. The van der Waals surface area contributed by atoms with E-state index < -0.39 is 10.8 Å². The molecule has 3 N–H and O–H groups in total. The maximum Gasteiger partial charge on any atom is 0.171 e. The third kappa shape index (κ3) is 2.54. The summed E-state index contributed by atoms with van der Waals surface area (Å²) < 4.78 is 0. The number of fused-ring (bicyclic) bond motifs is 1. The molecule has 0 aliphatic heterocycles. The van der Waals surface area contributed by atoms with E-state index in [9.17, 15) is 15.3 Å². The maximum absolute atomic E-state index is 11.4. The zero-order chi connectivity index (χ0) is 22.1. The molecule has 0 saturated heterocycles. The van der Waals surface area contributed by atoms with Crippen LogP contribution in [0.5, 0.6) is 17.2 Å². The molecular formula is C25H33NO3. The van der Waals surface area contributed by atoms with Crippen LogP contribution in [0.3, 0.4) is 0 Å². The number of pyridine rings is 1. The van der Waals surface area contributed by atoms with Crippen LogP contribution in [-0.4, -0.2) is 20.3 Å². The topological polar surface area (TPSA) is 73.6 Å². The average molecular weight is 396 g/mol. The smallest absolute Gasteiger partial charge is 0.171 e. The van der Waals surface area contributed by atoms with Crippen LogP contribution >= 0.6 is 0 Å². The molecule has 4 heteroatoms. The fourth-order valence-electron chi connectivity index (χ4n) is 4.83. The number of rotatable bonds is 1. The van der Waals surface area contributed by atoms with Gasteiger partial charge >= 0.3 is 0 Å². The quantitative estimate of drug-likeness (QED) is 0.493. The SMILES string of the molecule is C/C=c1/nc(-c2c(O)c(O)c3c(c2O)C(C)(C)C(C)(C)C3(C)C)ccc1=C(C)C. The van der Waals surface area contributed by atoms with E-state index in [1.165, 1.54) is 0 Å². The van der Waals surface area contributed by atoms with Crippen molar-refractivity contribution in [3.05, 3.63) is 33.8 Å². The Bertz CT molecular complexity index is 1130. The van der Waals surface area contributed by atoms with Crippen molar-refractivity contribution in [1.82, 2.24) is 4.98 Å². The first-order valence-electron chi connectivity index (χ1n) is 10.1. The third-order valence-electron chi connectivity index (χ3n) is 7.79. The van der Waals surface area contributed by atoms with Gasteiger partial charge < -0.3 is 15.3 Å². The summed E-state index contributed by atoms with van der Waals surface area (Å²) in [6.07, 6.45) is 1.91. The summed E-state index contributed by atoms with van der Waals surface area (Å²) >= 11 is 0. The monoisotopic (exact) mass is 395 g/mol. The van der Waals surface area contributed by atoms with Crippen LogP contribution < -0.4 is 10.6 Å². The fourth-order valence-corrected chi connectivity index (χ4v) is 4.83. The highest BCUT2D eigenvalue weighted by atomic mass is 16.3. The lowest BCUT2D eigenvalue weighted by atomic mass is 9.59. The lowest BCUT2D eigenvalue weighted by Crippen LogP contribution is -2.42. The van der Waals surface area contributed by atoms with Crippen LogP contribution in [0.15, 0.2) is 12.1 Å². The molecule has 0 amide bonds. The molecule has 1 aliphatic carbocycles. The van der Waals surface area contributed by atoms with Gasteiger partial charge in [0.2, 0.25) is 0 Å². The average Bonchev–Trinajstić information content (AvgIpc) is 2.73. The van der Waals surface area contributed by atoms with Crippen LogP contribution in [0.1, 0.15) is 73.4 Å². The van der Waals surface area contributed by atoms with Crippen molar-refractivity contribution in [3.63, 3.8) is 0 Å². The Labute approximate surface area is 173 Å². The highest BCUT2D eigenvalue weighted by molar-refractivity contribution is 5.83. The molecule has 1 aromatic heterocycles. The molecule has 0 atom stereocenters. The molecule has 0 spiro atoms. The van der Waals surface area contributed by atoms with Gasteiger partial charge in [0.1, 0.15) is 5.75 Å². The maximum atomic E-state index is 11.4. The summed E-state index contributed by atoms with van der Waals surface area (Å²) in [7, 11) is 0. The summed E-state index contributed by atoms with van der Waals surface area (Å²) in [5, 5.41) is 35.2. The Hall–Kier alpha value is -2.49. The fraction of sp³-hybridized carbons (Fsp3) is 0.480. The number of aromatic hydroxyl groups is 3. The molecular weight excluding hydrogens is 362 g/mol. The van der Waals surface area contributed by atoms with E-state index in [2.05, 4.69) is 46.5 Å². The van der Waals surface area contributed by atoms with Gasteiger partial charge in [-0.05, 0) is 48.3 Å². The van der Waals surface area contributed by atoms with Crippen LogP contribution in [0, 0.1) is 5.41 Å². The Morgan fingerprint density at radius 2 is 1.34 bits per heavy atom. The summed E-state index contributed by atoms with van der Waals surface area (Å²) in [6, 6.07) is 3.73. The number of benzene rings is 1. The Kier molecular flexibility index (Phi) is 4.58. The molecule has 0 unspecified atom stereocenters. The summed E-state index contributed by atoms with van der Waals surface area (Å²) in [5.41, 5.74) is 1.91. The van der Waals surface area contributed by atoms with E-state index in [0.29, 0.717) is 16.8 Å². The molecule has 1 heterocycles. The Morgan fingerprint density at radius 1 is 0.828 bits per heavy atom. The number of phenolic OH excluding ortho intramolecular Hbond substituents is 3. The zero-order valence-corrected chi connectivity index (χ0v) is 19.0. The first-order valence-corrected chi connectivity index (χ1v) is 10.1. The molecule has 29 heavy (non-hydrogen) atoms. The first-order chi connectivity index (χ1) is 13.2. The first kappa shape index (κ1) is 21.2.